The van der Waals surface area contributed by atoms with Gasteiger partial charge in [-0.2, -0.15) is 13.2 Å². The number of halogens is 6. The Balaban J connectivity index is 3.66. The van der Waals surface area contributed by atoms with Gasteiger partial charge in [0.05, 0.1) is 20.5 Å². The quantitative estimate of drug-likeness (QED) is 0.736. The third kappa shape index (κ3) is 2.94. The largest absolute Gasteiger partial charge is 0.417 e. The average Bonchev–Trinajstić information content (AvgIpc) is 2.05. The van der Waals surface area contributed by atoms with Gasteiger partial charge in [0.2, 0.25) is 0 Å². The lowest BCUT2D eigenvalue weighted by molar-refractivity contribution is -0.139. The highest BCUT2D eigenvalue weighted by Gasteiger charge is 2.37. The van der Waals surface area contributed by atoms with E-state index in [4.69, 9.17) is 33.9 Å². The van der Waals surface area contributed by atoms with Crippen molar-refractivity contribution in [1.29, 1.82) is 0 Å². The molecule has 0 heterocycles. The molecule has 0 atom stereocenters. The van der Waals surface area contributed by atoms with Crippen LogP contribution in [0.5, 0.6) is 0 Å². The van der Waals surface area contributed by atoms with Crippen molar-refractivity contribution in [3.8, 4) is 0 Å². The summed E-state index contributed by atoms with van der Waals surface area (Å²) in [5.74, 6) is 0. The van der Waals surface area contributed by atoms with E-state index < -0.39 is 30.7 Å². The molecule has 1 aromatic carbocycles. The molecule has 2 nitrogen and oxygen atoms in total. The molecule has 0 aliphatic rings. The van der Waals surface area contributed by atoms with Gasteiger partial charge in [-0.1, -0.05) is 23.2 Å². The monoisotopic (exact) mass is 312 g/mol. The lowest BCUT2D eigenvalue weighted by Gasteiger charge is -2.11. The molecule has 0 amide bonds. The molecule has 16 heavy (non-hydrogen) atoms. The highest BCUT2D eigenvalue weighted by Crippen LogP contribution is 2.39. The van der Waals surface area contributed by atoms with Gasteiger partial charge >= 0.3 is 6.18 Å². The summed E-state index contributed by atoms with van der Waals surface area (Å²) in [6, 6.07) is 0.980. The van der Waals surface area contributed by atoms with E-state index in [2.05, 4.69) is 0 Å². The summed E-state index contributed by atoms with van der Waals surface area (Å²) in [5.41, 5.74) is -1.45. The van der Waals surface area contributed by atoms with Gasteiger partial charge in [-0.05, 0) is 12.1 Å². The van der Waals surface area contributed by atoms with Gasteiger partial charge in [0.1, 0.15) is 0 Å². The molecular weight excluding hydrogens is 311 g/mol. The number of alkyl halides is 3. The van der Waals surface area contributed by atoms with E-state index in [0.29, 0.717) is 12.1 Å². The van der Waals surface area contributed by atoms with Gasteiger partial charge in [0.15, 0.2) is 0 Å². The molecule has 1 rings (SSSR count). The number of rotatable bonds is 1. The zero-order chi connectivity index (χ0) is 12.7. The molecule has 0 fully saturated rings. The minimum atomic E-state index is -4.88. The van der Waals surface area contributed by atoms with Crippen LogP contribution in [0.4, 0.5) is 13.2 Å². The van der Waals surface area contributed by atoms with Crippen LogP contribution in [0.3, 0.4) is 0 Å². The molecule has 0 saturated heterocycles. The molecular formula is C7H2Cl3F3O2S. The Kier molecular flexibility index (Phi) is 3.69. The SMILES string of the molecule is O=S(=O)(Cl)c1cc(Cl)c(Cl)cc1C(F)(F)F. The van der Waals surface area contributed by atoms with Crippen LogP contribution in [0, 0.1) is 0 Å². The number of hydrogen-bond acceptors (Lipinski definition) is 2. The lowest BCUT2D eigenvalue weighted by Crippen LogP contribution is -2.10. The van der Waals surface area contributed by atoms with Crippen LogP contribution >= 0.6 is 33.9 Å². The molecule has 0 saturated carbocycles. The molecule has 0 unspecified atom stereocenters. The summed E-state index contributed by atoms with van der Waals surface area (Å²) >= 11 is 10.8. The Morgan fingerprint density at radius 1 is 1.06 bits per heavy atom. The molecule has 0 radical (unpaired) electrons. The van der Waals surface area contributed by atoms with Crippen LogP contribution in [-0.4, -0.2) is 8.42 Å². The Bertz CT molecular complexity index is 524. The fraction of sp³-hybridized carbons (Fsp3) is 0.143. The molecule has 1 aromatic rings. The zero-order valence-electron chi connectivity index (χ0n) is 7.15. The maximum absolute atomic E-state index is 12.5. The third-order valence-corrected chi connectivity index (χ3v) is 3.67. The van der Waals surface area contributed by atoms with E-state index >= 15 is 0 Å². The predicted molar refractivity (Wildman–Crippen MR) is 54.5 cm³/mol. The van der Waals surface area contributed by atoms with Gasteiger partial charge < -0.3 is 0 Å². The zero-order valence-corrected chi connectivity index (χ0v) is 10.2. The van der Waals surface area contributed by atoms with Crippen molar-refractivity contribution >= 4 is 42.9 Å². The van der Waals surface area contributed by atoms with Gasteiger partial charge in [-0.15, -0.1) is 0 Å². The summed E-state index contributed by atoms with van der Waals surface area (Å²) in [6.07, 6.45) is -4.88. The van der Waals surface area contributed by atoms with E-state index in [0.717, 1.165) is 0 Å². The summed E-state index contributed by atoms with van der Waals surface area (Å²) in [5, 5.41) is -0.730. The van der Waals surface area contributed by atoms with E-state index in [1.54, 1.807) is 0 Å². The van der Waals surface area contributed by atoms with Crippen molar-refractivity contribution in [2.24, 2.45) is 0 Å². The van der Waals surface area contributed by atoms with Crippen LogP contribution in [0.25, 0.3) is 0 Å². The summed E-state index contributed by atoms with van der Waals surface area (Å²) in [6.45, 7) is 0. The van der Waals surface area contributed by atoms with Crippen molar-refractivity contribution in [2.45, 2.75) is 11.1 Å². The number of benzene rings is 1. The summed E-state index contributed by atoms with van der Waals surface area (Å²) in [7, 11) is 0.318. The van der Waals surface area contributed by atoms with E-state index in [9.17, 15) is 21.6 Å². The molecule has 0 spiro atoms. The Morgan fingerprint density at radius 3 is 1.88 bits per heavy atom. The summed E-state index contributed by atoms with van der Waals surface area (Å²) < 4.78 is 59.3. The fourth-order valence-electron chi connectivity index (χ4n) is 0.952. The van der Waals surface area contributed by atoms with E-state index in [-0.39, 0.29) is 5.02 Å². The highest BCUT2D eigenvalue weighted by atomic mass is 35.7. The second kappa shape index (κ2) is 4.25. The smallest absolute Gasteiger partial charge is 0.207 e. The first kappa shape index (κ1) is 13.9. The van der Waals surface area contributed by atoms with Crippen molar-refractivity contribution in [2.75, 3.05) is 0 Å². The Labute approximate surface area is 103 Å². The first-order valence-electron chi connectivity index (χ1n) is 3.54. The van der Waals surface area contributed by atoms with Crippen molar-refractivity contribution in [1.82, 2.24) is 0 Å². The maximum atomic E-state index is 12.5. The predicted octanol–water partition coefficient (Wildman–Crippen LogP) is 3.94. The van der Waals surface area contributed by atoms with Crippen molar-refractivity contribution in [3.05, 3.63) is 27.7 Å². The van der Waals surface area contributed by atoms with Crippen LogP contribution < -0.4 is 0 Å². The van der Waals surface area contributed by atoms with Crippen molar-refractivity contribution in [3.63, 3.8) is 0 Å². The highest BCUT2D eigenvalue weighted by molar-refractivity contribution is 8.13. The van der Waals surface area contributed by atoms with Crippen molar-refractivity contribution < 1.29 is 21.6 Å². The van der Waals surface area contributed by atoms with Gasteiger partial charge in [0, 0.05) is 10.7 Å². The molecule has 0 aliphatic carbocycles. The van der Waals surface area contributed by atoms with E-state index in [1.165, 1.54) is 0 Å². The molecule has 0 aromatic heterocycles. The second-order valence-electron chi connectivity index (χ2n) is 2.70. The molecule has 9 heteroatoms. The normalized spacial score (nSPS) is 12.9. The standard InChI is InChI=1S/C7H2Cl3F3O2S/c8-4-1-3(7(11,12)13)6(2-5(4)9)16(10,14)15/h1-2H. The Morgan fingerprint density at radius 2 is 1.50 bits per heavy atom. The average molecular weight is 314 g/mol. The lowest BCUT2D eigenvalue weighted by atomic mass is 10.2. The molecule has 0 N–H and O–H groups in total. The van der Waals surface area contributed by atoms with Crippen LogP contribution in [0.2, 0.25) is 10.0 Å². The summed E-state index contributed by atoms with van der Waals surface area (Å²) in [4.78, 5) is -1.11. The van der Waals surface area contributed by atoms with E-state index in [1.807, 2.05) is 0 Å². The molecule has 0 bridgehead atoms. The first-order valence-corrected chi connectivity index (χ1v) is 6.61. The fourth-order valence-corrected chi connectivity index (χ4v) is 2.42. The van der Waals surface area contributed by atoms with Gasteiger partial charge in [0.25, 0.3) is 9.05 Å². The van der Waals surface area contributed by atoms with Gasteiger partial charge in [-0.3, -0.25) is 0 Å². The Hall–Kier alpha value is -0.170. The first-order chi connectivity index (χ1) is 7.03. The maximum Gasteiger partial charge on any atom is 0.417 e. The van der Waals surface area contributed by atoms with Gasteiger partial charge in [-0.25, -0.2) is 8.42 Å². The number of hydrogen-bond donors (Lipinski definition) is 0. The minimum Gasteiger partial charge on any atom is -0.207 e. The second-order valence-corrected chi connectivity index (χ2v) is 6.05. The minimum absolute atomic E-state index is 0.325. The molecule has 0 aliphatic heterocycles. The third-order valence-electron chi connectivity index (χ3n) is 1.59. The topological polar surface area (TPSA) is 34.1 Å². The van der Waals surface area contributed by atoms with Crippen LogP contribution in [0.15, 0.2) is 17.0 Å². The van der Waals surface area contributed by atoms with Crippen LogP contribution in [0.1, 0.15) is 5.56 Å². The van der Waals surface area contributed by atoms with Crippen LogP contribution in [-0.2, 0) is 15.2 Å². The molecule has 90 valence electrons.